The third-order valence-electron chi connectivity index (χ3n) is 4.29. The Morgan fingerprint density at radius 1 is 1.05 bits per heavy atom. The van der Waals surface area contributed by atoms with Crippen molar-refractivity contribution < 1.29 is 0 Å². The zero-order chi connectivity index (χ0) is 15.4. The summed E-state index contributed by atoms with van der Waals surface area (Å²) in [5, 5.41) is 0. The maximum atomic E-state index is 6.11. The number of benzene rings is 1. The summed E-state index contributed by atoms with van der Waals surface area (Å²) in [6.07, 6.45) is 1.21. The maximum absolute atomic E-state index is 6.11. The summed E-state index contributed by atoms with van der Waals surface area (Å²) >= 11 is 0. The second kappa shape index (κ2) is 7.24. The van der Waals surface area contributed by atoms with Gasteiger partial charge in [0.25, 0.3) is 0 Å². The highest BCUT2D eigenvalue weighted by atomic mass is 15.2. The fraction of sp³-hybridized carbons (Fsp3) is 0.667. The first-order chi connectivity index (χ1) is 9.27. The third-order valence-corrected chi connectivity index (χ3v) is 4.29. The molecule has 0 bridgehead atoms. The van der Waals surface area contributed by atoms with Crippen molar-refractivity contribution in [1.29, 1.82) is 0 Å². The third kappa shape index (κ3) is 4.07. The smallest absolute Gasteiger partial charge is 0.0475 e. The van der Waals surface area contributed by atoms with Crippen LogP contribution in [0, 0.1) is 26.7 Å². The van der Waals surface area contributed by atoms with E-state index in [1.807, 2.05) is 0 Å². The first-order valence-corrected chi connectivity index (χ1v) is 7.77. The summed E-state index contributed by atoms with van der Waals surface area (Å²) in [4.78, 5) is 2.45. The highest BCUT2D eigenvalue weighted by Crippen LogP contribution is 2.29. The fourth-order valence-electron chi connectivity index (χ4n) is 3.36. The standard InChI is InChI=1S/C18H32N2/c1-12(2)8-16(6)20(7)17(11-19)18-14(4)9-13(3)10-15(18)5/h9-10,12,16-17H,8,11,19H2,1-7H3. The summed E-state index contributed by atoms with van der Waals surface area (Å²) in [5.74, 6) is 0.714. The topological polar surface area (TPSA) is 29.3 Å². The first kappa shape index (κ1) is 17.2. The molecule has 0 amide bonds. The Kier molecular flexibility index (Phi) is 6.22. The highest BCUT2D eigenvalue weighted by Gasteiger charge is 2.23. The molecule has 20 heavy (non-hydrogen) atoms. The van der Waals surface area contributed by atoms with Gasteiger partial charge in [-0.2, -0.15) is 0 Å². The van der Waals surface area contributed by atoms with Crippen molar-refractivity contribution in [3.8, 4) is 0 Å². The number of rotatable bonds is 6. The molecule has 0 heterocycles. The molecule has 2 heteroatoms. The van der Waals surface area contributed by atoms with Crippen molar-refractivity contribution >= 4 is 0 Å². The van der Waals surface area contributed by atoms with Gasteiger partial charge in [0.15, 0.2) is 0 Å². The van der Waals surface area contributed by atoms with Crippen LogP contribution >= 0.6 is 0 Å². The lowest BCUT2D eigenvalue weighted by Crippen LogP contribution is -2.38. The zero-order valence-electron chi connectivity index (χ0n) is 14.3. The Hall–Kier alpha value is -0.860. The Morgan fingerprint density at radius 3 is 1.95 bits per heavy atom. The molecule has 0 saturated heterocycles. The Labute approximate surface area is 125 Å². The second-order valence-corrected chi connectivity index (χ2v) is 6.71. The Morgan fingerprint density at radius 2 is 1.55 bits per heavy atom. The van der Waals surface area contributed by atoms with Gasteiger partial charge in [0.1, 0.15) is 0 Å². The van der Waals surface area contributed by atoms with Crippen molar-refractivity contribution in [2.75, 3.05) is 13.6 Å². The van der Waals surface area contributed by atoms with Gasteiger partial charge >= 0.3 is 0 Å². The number of aryl methyl sites for hydroxylation is 3. The fourth-order valence-corrected chi connectivity index (χ4v) is 3.36. The molecular weight excluding hydrogens is 244 g/mol. The van der Waals surface area contributed by atoms with Gasteiger partial charge in [-0.05, 0) is 63.8 Å². The highest BCUT2D eigenvalue weighted by molar-refractivity contribution is 5.40. The van der Waals surface area contributed by atoms with Crippen LogP contribution in [0.5, 0.6) is 0 Å². The predicted molar refractivity (Wildman–Crippen MR) is 89.1 cm³/mol. The molecule has 2 atom stereocenters. The van der Waals surface area contributed by atoms with Gasteiger partial charge in [-0.1, -0.05) is 31.5 Å². The zero-order valence-corrected chi connectivity index (χ0v) is 14.3. The summed E-state index contributed by atoms with van der Waals surface area (Å²) in [6, 6.07) is 5.39. The van der Waals surface area contributed by atoms with Crippen LogP contribution in [0.25, 0.3) is 0 Å². The molecule has 0 aliphatic carbocycles. The van der Waals surface area contributed by atoms with Gasteiger partial charge in [-0.3, -0.25) is 4.90 Å². The van der Waals surface area contributed by atoms with Gasteiger partial charge in [0.2, 0.25) is 0 Å². The van der Waals surface area contributed by atoms with E-state index in [4.69, 9.17) is 5.73 Å². The van der Waals surface area contributed by atoms with E-state index in [2.05, 4.69) is 65.6 Å². The van der Waals surface area contributed by atoms with Crippen molar-refractivity contribution in [3.05, 3.63) is 34.4 Å². The monoisotopic (exact) mass is 276 g/mol. The summed E-state index contributed by atoms with van der Waals surface area (Å²) in [5.41, 5.74) is 11.6. The minimum atomic E-state index is 0.310. The quantitative estimate of drug-likeness (QED) is 0.851. The van der Waals surface area contributed by atoms with Crippen molar-refractivity contribution in [1.82, 2.24) is 4.90 Å². The van der Waals surface area contributed by atoms with Crippen LogP contribution in [0.15, 0.2) is 12.1 Å². The normalized spacial score (nSPS) is 14.9. The van der Waals surface area contributed by atoms with Gasteiger partial charge in [-0.15, -0.1) is 0 Å². The maximum Gasteiger partial charge on any atom is 0.0475 e. The molecule has 0 saturated carbocycles. The Bertz CT molecular complexity index is 414. The van der Waals surface area contributed by atoms with Gasteiger partial charge < -0.3 is 5.73 Å². The van der Waals surface area contributed by atoms with E-state index in [9.17, 15) is 0 Å². The number of nitrogens with zero attached hydrogens (tertiary/aromatic N) is 1. The largest absolute Gasteiger partial charge is 0.329 e. The minimum Gasteiger partial charge on any atom is -0.329 e. The van der Waals surface area contributed by atoms with E-state index < -0.39 is 0 Å². The molecular formula is C18H32N2. The minimum absolute atomic E-state index is 0.310. The molecule has 2 N–H and O–H groups in total. The average molecular weight is 276 g/mol. The molecule has 1 rings (SSSR count). The van der Waals surface area contributed by atoms with Crippen molar-refractivity contribution in [2.45, 2.75) is 60.0 Å². The van der Waals surface area contributed by atoms with Crippen LogP contribution in [0.3, 0.4) is 0 Å². The lowest BCUT2D eigenvalue weighted by atomic mass is 9.92. The molecule has 0 aliphatic rings. The molecule has 1 aromatic carbocycles. The lowest BCUT2D eigenvalue weighted by molar-refractivity contribution is 0.168. The Balaban J connectivity index is 3.07. The van der Waals surface area contributed by atoms with Crippen LogP contribution in [0.2, 0.25) is 0 Å². The molecule has 0 aliphatic heterocycles. The molecule has 2 nitrogen and oxygen atoms in total. The van der Waals surface area contributed by atoms with Gasteiger partial charge in [-0.25, -0.2) is 0 Å². The molecule has 0 aromatic heterocycles. The van der Waals surface area contributed by atoms with Crippen LogP contribution < -0.4 is 5.73 Å². The number of likely N-dealkylation sites (N-methyl/N-ethyl adjacent to an activating group) is 1. The van der Waals surface area contributed by atoms with Crippen LogP contribution in [0.4, 0.5) is 0 Å². The molecule has 0 spiro atoms. The molecule has 1 aromatic rings. The SMILES string of the molecule is Cc1cc(C)c(C(CN)N(C)C(C)CC(C)C)c(C)c1. The predicted octanol–water partition coefficient (Wildman–Crippen LogP) is 3.98. The number of nitrogens with two attached hydrogens (primary N) is 1. The van der Waals surface area contributed by atoms with Gasteiger partial charge in [0.05, 0.1) is 0 Å². The first-order valence-electron chi connectivity index (χ1n) is 7.77. The van der Waals surface area contributed by atoms with E-state index in [-0.39, 0.29) is 0 Å². The van der Waals surface area contributed by atoms with Crippen molar-refractivity contribution in [2.24, 2.45) is 11.7 Å². The van der Waals surface area contributed by atoms with Gasteiger partial charge in [0, 0.05) is 18.6 Å². The van der Waals surface area contributed by atoms with Crippen LogP contribution in [-0.4, -0.2) is 24.5 Å². The van der Waals surface area contributed by atoms with E-state index in [1.165, 1.54) is 28.7 Å². The van der Waals surface area contributed by atoms with Crippen LogP contribution in [0.1, 0.15) is 55.5 Å². The van der Waals surface area contributed by atoms with E-state index >= 15 is 0 Å². The van der Waals surface area contributed by atoms with E-state index in [0.29, 0.717) is 24.5 Å². The molecule has 0 fully saturated rings. The van der Waals surface area contributed by atoms with Crippen LogP contribution in [-0.2, 0) is 0 Å². The molecule has 114 valence electrons. The summed E-state index contributed by atoms with van der Waals surface area (Å²) < 4.78 is 0. The van der Waals surface area contributed by atoms with E-state index in [1.54, 1.807) is 0 Å². The average Bonchev–Trinajstić information content (AvgIpc) is 2.31. The van der Waals surface area contributed by atoms with Crippen molar-refractivity contribution in [3.63, 3.8) is 0 Å². The summed E-state index contributed by atoms with van der Waals surface area (Å²) in [6.45, 7) is 14.1. The molecule has 2 unspecified atom stereocenters. The number of hydrogen-bond acceptors (Lipinski definition) is 2. The number of hydrogen-bond donors (Lipinski definition) is 1. The lowest BCUT2D eigenvalue weighted by Gasteiger charge is -2.35. The molecule has 0 radical (unpaired) electrons. The van der Waals surface area contributed by atoms with E-state index in [0.717, 1.165) is 0 Å². The summed E-state index contributed by atoms with van der Waals surface area (Å²) in [7, 11) is 2.21. The second-order valence-electron chi connectivity index (χ2n) is 6.71.